The molecule has 0 aromatic heterocycles. The highest BCUT2D eigenvalue weighted by Crippen LogP contribution is 2.15. The quantitative estimate of drug-likeness (QED) is 0.622. The Kier molecular flexibility index (Phi) is 6.19. The summed E-state index contributed by atoms with van der Waals surface area (Å²) in [5, 5.41) is 16.3. The maximum absolute atomic E-state index is 12.3. The van der Waals surface area contributed by atoms with Crippen molar-refractivity contribution in [3.8, 4) is 6.07 Å². The Labute approximate surface area is 146 Å². The van der Waals surface area contributed by atoms with E-state index in [0.29, 0.717) is 12.0 Å². The van der Waals surface area contributed by atoms with Gasteiger partial charge >= 0.3 is 5.97 Å². The van der Waals surface area contributed by atoms with Crippen molar-refractivity contribution in [2.45, 2.75) is 13.3 Å². The van der Waals surface area contributed by atoms with Crippen LogP contribution in [0.5, 0.6) is 0 Å². The van der Waals surface area contributed by atoms with Crippen LogP contribution in [0.3, 0.4) is 0 Å². The number of ether oxygens (including phenoxy) is 1. The second-order valence-electron chi connectivity index (χ2n) is 5.61. The average Bonchev–Trinajstić information content (AvgIpc) is 2.61. The summed E-state index contributed by atoms with van der Waals surface area (Å²) in [6.45, 7) is 0.857. The highest BCUT2D eigenvalue weighted by molar-refractivity contribution is 6.06. The third-order valence-corrected chi connectivity index (χ3v) is 3.70. The van der Waals surface area contributed by atoms with Gasteiger partial charge in [0.2, 0.25) is 0 Å². The summed E-state index contributed by atoms with van der Waals surface area (Å²) in [5.74, 6) is -2.38. The number of nitriles is 1. The number of nitrogens with one attached hydrogen (secondary N) is 1. The Morgan fingerprint density at radius 1 is 1.12 bits per heavy atom. The average molecular weight is 334 g/mol. The van der Waals surface area contributed by atoms with Crippen LogP contribution in [-0.4, -0.2) is 24.1 Å². The number of carbonyl (C=O) groups excluding carboxylic acids is 2. The van der Waals surface area contributed by atoms with Crippen LogP contribution in [0.25, 0.3) is 0 Å². The predicted molar refractivity (Wildman–Crippen MR) is 93.5 cm³/mol. The zero-order valence-corrected chi connectivity index (χ0v) is 13.9. The van der Waals surface area contributed by atoms with Crippen LogP contribution in [0.1, 0.15) is 28.4 Å². The molecule has 0 aliphatic rings. The van der Waals surface area contributed by atoms with E-state index in [2.05, 4.69) is 0 Å². The number of hydrogen-bond donors (Lipinski definition) is 1. The van der Waals surface area contributed by atoms with Gasteiger partial charge in [0, 0.05) is 5.71 Å². The molecule has 0 radical (unpaired) electrons. The van der Waals surface area contributed by atoms with Crippen molar-refractivity contribution in [3.63, 3.8) is 0 Å². The van der Waals surface area contributed by atoms with E-state index >= 15 is 0 Å². The fourth-order valence-electron chi connectivity index (χ4n) is 2.40. The molecule has 0 bridgehead atoms. The predicted octanol–water partition coefficient (Wildman–Crippen LogP) is 3.18. The second kappa shape index (κ2) is 8.55. The first kappa shape index (κ1) is 18.1. The highest BCUT2D eigenvalue weighted by Gasteiger charge is 2.22. The van der Waals surface area contributed by atoms with Crippen LogP contribution >= 0.6 is 0 Å². The van der Waals surface area contributed by atoms with Crippen molar-refractivity contribution in [1.82, 2.24) is 0 Å². The van der Waals surface area contributed by atoms with Crippen molar-refractivity contribution in [1.29, 1.82) is 10.7 Å². The molecule has 0 aliphatic heterocycles. The standard InChI is InChI=1S/C20H18N2O3/c1-14(22)18(12-21)19(23)13-25-20(24)17-10-6-5-9-16(17)11-15-7-3-2-4-8-15/h2-10,18,22H,11,13H2,1H3. The fraction of sp³-hybridized carbons (Fsp3) is 0.200. The molecule has 0 aliphatic carbocycles. The molecule has 126 valence electrons. The molecule has 0 spiro atoms. The number of nitrogens with zero attached hydrogens (tertiary/aromatic N) is 1. The van der Waals surface area contributed by atoms with Gasteiger partial charge in [0.25, 0.3) is 0 Å². The van der Waals surface area contributed by atoms with E-state index in [-0.39, 0.29) is 5.71 Å². The Morgan fingerprint density at radius 3 is 2.40 bits per heavy atom. The van der Waals surface area contributed by atoms with Crippen molar-refractivity contribution >= 4 is 17.5 Å². The number of carbonyl (C=O) groups is 2. The van der Waals surface area contributed by atoms with E-state index in [1.165, 1.54) is 6.92 Å². The van der Waals surface area contributed by atoms with E-state index in [0.717, 1.165) is 11.1 Å². The topological polar surface area (TPSA) is 91.0 Å². The van der Waals surface area contributed by atoms with Crippen LogP contribution in [0.2, 0.25) is 0 Å². The van der Waals surface area contributed by atoms with Crippen molar-refractivity contribution in [2.75, 3.05) is 6.61 Å². The molecule has 1 unspecified atom stereocenters. The molecule has 2 aromatic carbocycles. The summed E-state index contributed by atoms with van der Waals surface area (Å²) in [6, 6.07) is 18.5. The molecule has 0 fully saturated rings. The van der Waals surface area contributed by atoms with Gasteiger partial charge in [-0.2, -0.15) is 5.26 Å². The number of ketones is 1. The maximum Gasteiger partial charge on any atom is 0.338 e. The first-order valence-corrected chi connectivity index (χ1v) is 7.79. The van der Waals surface area contributed by atoms with Gasteiger partial charge < -0.3 is 10.1 Å². The zero-order chi connectivity index (χ0) is 18.2. The van der Waals surface area contributed by atoms with Gasteiger partial charge in [0.15, 0.2) is 12.4 Å². The minimum atomic E-state index is -1.17. The van der Waals surface area contributed by atoms with E-state index < -0.39 is 24.3 Å². The van der Waals surface area contributed by atoms with Gasteiger partial charge in [-0.05, 0) is 30.5 Å². The Hall–Kier alpha value is -3.26. The molecular weight excluding hydrogens is 316 g/mol. The number of Topliss-reactive ketones (excluding diaryl/α,β-unsaturated/α-hetero) is 1. The minimum Gasteiger partial charge on any atom is -0.454 e. The zero-order valence-electron chi connectivity index (χ0n) is 13.9. The lowest BCUT2D eigenvalue weighted by Crippen LogP contribution is -2.25. The molecule has 0 saturated heterocycles. The SMILES string of the molecule is CC(=N)C(C#N)C(=O)COC(=O)c1ccccc1Cc1ccccc1. The molecule has 5 heteroatoms. The van der Waals surface area contributed by atoms with Gasteiger partial charge in [-0.1, -0.05) is 48.5 Å². The lowest BCUT2D eigenvalue weighted by molar-refractivity contribution is -0.122. The summed E-state index contributed by atoms with van der Waals surface area (Å²) in [7, 11) is 0. The molecule has 1 N–H and O–H groups in total. The van der Waals surface area contributed by atoms with Crippen molar-refractivity contribution in [3.05, 3.63) is 71.3 Å². The Balaban J connectivity index is 2.09. The molecule has 25 heavy (non-hydrogen) atoms. The van der Waals surface area contributed by atoms with Gasteiger partial charge in [-0.25, -0.2) is 4.79 Å². The largest absolute Gasteiger partial charge is 0.454 e. The number of hydrogen-bond acceptors (Lipinski definition) is 5. The van der Waals surface area contributed by atoms with Gasteiger partial charge in [0.05, 0.1) is 11.6 Å². The molecule has 1 atom stereocenters. The molecule has 0 saturated carbocycles. The van der Waals surface area contributed by atoms with Crippen LogP contribution in [-0.2, 0) is 16.0 Å². The van der Waals surface area contributed by atoms with E-state index in [1.54, 1.807) is 18.2 Å². The van der Waals surface area contributed by atoms with Crippen LogP contribution in [0.15, 0.2) is 54.6 Å². The van der Waals surface area contributed by atoms with E-state index in [1.807, 2.05) is 42.5 Å². The number of esters is 1. The number of rotatable bonds is 7. The summed E-state index contributed by atoms with van der Waals surface area (Å²) < 4.78 is 5.06. The van der Waals surface area contributed by atoms with Crippen LogP contribution < -0.4 is 0 Å². The van der Waals surface area contributed by atoms with Crippen molar-refractivity contribution < 1.29 is 14.3 Å². The minimum absolute atomic E-state index is 0.0620. The first-order valence-electron chi connectivity index (χ1n) is 7.79. The van der Waals surface area contributed by atoms with Gasteiger partial charge in [0.1, 0.15) is 5.92 Å². The third kappa shape index (κ3) is 4.85. The smallest absolute Gasteiger partial charge is 0.338 e. The monoisotopic (exact) mass is 334 g/mol. The summed E-state index contributed by atoms with van der Waals surface area (Å²) in [6.07, 6.45) is 0.570. The Bertz CT molecular complexity index is 822. The Morgan fingerprint density at radius 2 is 1.76 bits per heavy atom. The lowest BCUT2D eigenvalue weighted by Gasteiger charge is -2.11. The second-order valence-corrected chi connectivity index (χ2v) is 5.61. The van der Waals surface area contributed by atoms with Crippen molar-refractivity contribution in [2.24, 2.45) is 5.92 Å². The third-order valence-electron chi connectivity index (χ3n) is 3.70. The van der Waals surface area contributed by atoms with Crippen LogP contribution in [0.4, 0.5) is 0 Å². The summed E-state index contributed by atoms with van der Waals surface area (Å²) in [5.41, 5.74) is 2.18. The highest BCUT2D eigenvalue weighted by atomic mass is 16.5. The molecule has 0 amide bonds. The number of benzene rings is 2. The van der Waals surface area contributed by atoms with Crippen LogP contribution in [0, 0.1) is 22.7 Å². The first-order chi connectivity index (χ1) is 12.0. The van der Waals surface area contributed by atoms with E-state index in [4.69, 9.17) is 15.4 Å². The molecule has 2 aromatic rings. The fourth-order valence-corrected chi connectivity index (χ4v) is 2.40. The summed E-state index contributed by atoms with van der Waals surface area (Å²) in [4.78, 5) is 24.2. The lowest BCUT2D eigenvalue weighted by atomic mass is 9.99. The normalized spacial score (nSPS) is 11.2. The van der Waals surface area contributed by atoms with E-state index in [9.17, 15) is 9.59 Å². The van der Waals surface area contributed by atoms with Gasteiger partial charge in [-0.3, -0.25) is 4.79 Å². The maximum atomic E-state index is 12.3. The molecule has 2 rings (SSSR count). The molecular formula is C20H18N2O3. The summed E-state index contributed by atoms with van der Waals surface area (Å²) >= 11 is 0. The molecule has 0 heterocycles. The molecule has 5 nitrogen and oxygen atoms in total. The van der Waals surface area contributed by atoms with Gasteiger partial charge in [-0.15, -0.1) is 0 Å².